The minimum Gasteiger partial charge on any atom is -0.493 e. The first kappa shape index (κ1) is 19.3. The molecule has 1 aliphatic carbocycles. The van der Waals surface area contributed by atoms with E-state index < -0.39 is 5.60 Å². The van der Waals surface area contributed by atoms with E-state index in [1.54, 1.807) is 0 Å². The minimum atomic E-state index is -0.721. The topological polar surface area (TPSA) is 32.7 Å². The zero-order valence-corrected chi connectivity index (χ0v) is 15.9. The van der Waals surface area contributed by atoms with Crippen LogP contribution in [0.3, 0.4) is 0 Å². The molecule has 1 unspecified atom stereocenters. The summed E-state index contributed by atoms with van der Waals surface area (Å²) >= 11 is 0. The number of nitrogens with zero attached hydrogens (tertiary/aromatic N) is 1. The monoisotopic (exact) mass is 333 g/mol. The number of rotatable bonds is 8. The van der Waals surface area contributed by atoms with Crippen molar-refractivity contribution in [2.24, 2.45) is 11.8 Å². The van der Waals surface area contributed by atoms with Crippen molar-refractivity contribution < 1.29 is 9.84 Å². The van der Waals surface area contributed by atoms with Gasteiger partial charge in [0, 0.05) is 6.54 Å². The summed E-state index contributed by atoms with van der Waals surface area (Å²) in [5, 5.41) is 11.6. The molecule has 1 fully saturated rings. The molecule has 24 heavy (non-hydrogen) atoms. The van der Waals surface area contributed by atoms with Crippen LogP contribution in [0.1, 0.15) is 57.9 Å². The summed E-state index contributed by atoms with van der Waals surface area (Å²) < 4.78 is 5.79. The normalized spacial score (nSPS) is 18.8. The van der Waals surface area contributed by atoms with Crippen molar-refractivity contribution >= 4 is 0 Å². The SMILES string of the molecule is CC(C)COc1ccc(C(O)(CCN(C)C)C2CCCCC2)cc1. The van der Waals surface area contributed by atoms with Gasteiger partial charge in [0.25, 0.3) is 0 Å². The molecule has 0 spiro atoms. The lowest BCUT2D eigenvalue weighted by Crippen LogP contribution is -2.39. The molecule has 0 radical (unpaired) electrons. The number of benzene rings is 1. The molecule has 1 aromatic carbocycles. The average molecular weight is 334 g/mol. The van der Waals surface area contributed by atoms with Crippen LogP contribution in [-0.2, 0) is 5.60 Å². The van der Waals surface area contributed by atoms with E-state index in [1.165, 1.54) is 19.3 Å². The molecule has 1 aromatic rings. The van der Waals surface area contributed by atoms with E-state index in [0.29, 0.717) is 11.8 Å². The summed E-state index contributed by atoms with van der Waals surface area (Å²) in [6, 6.07) is 8.17. The first-order chi connectivity index (χ1) is 11.4. The molecule has 0 bridgehead atoms. The standard InChI is InChI=1S/C21H35NO2/c1-17(2)16-24-20-12-10-19(11-13-20)21(23,14-15-22(3)4)18-8-6-5-7-9-18/h10-13,17-18,23H,5-9,14-16H2,1-4H3. The highest BCUT2D eigenvalue weighted by molar-refractivity contribution is 5.31. The maximum atomic E-state index is 11.6. The lowest BCUT2D eigenvalue weighted by molar-refractivity contribution is -0.0500. The molecule has 0 aromatic heterocycles. The van der Waals surface area contributed by atoms with E-state index in [-0.39, 0.29) is 0 Å². The summed E-state index contributed by atoms with van der Waals surface area (Å²) in [5.74, 6) is 1.78. The van der Waals surface area contributed by atoms with Gasteiger partial charge in [-0.1, -0.05) is 45.2 Å². The van der Waals surface area contributed by atoms with Crippen LogP contribution in [0.25, 0.3) is 0 Å². The molecule has 0 heterocycles. The molecule has 1 N–H and O–H groups in total. The van der Waals surface area contributed by atoms with Gasteiger partial charge >= 0.3 is 0 Å². The Morgan fingerprint density at radius 2 is 1.75 bits per heavy atom. The summed E-state index contributed by atoms with van der Waals surface area (Å²) in [7, 11) is 4.15. The van der Waals surface area contributed by atoms with Crippen LogP contribution in [0.2, 0.25) is 0 Å². The van der Waals surface area contributed by atoms with Gasteiger partial charge in [-0.25, -0.2) is 0 Å². The molecule has 2 rings (SSSR count). The average Bonchev–Trinajstić information content (AvgIpc) is 2.59. The Morgan fingerprint density at radius 1 is 1.12 bits per heavy atom. The van der Waals surface area contributed by atoms with Crippen LogP contribution < -0.4 is 4.74 Å². The van der Waals surface area contributed by atoms with E-state index in [1.807, 2.05) is 12.1 Å². The van der Waals surface area contributed by atoms with Crippen molar-refractivity contribution in [3.63, 3.8) is 0 Å². The smallest absolute Gasteiger partial charge is 0.119 e. The Balaban J connectivity index is 2.15. The van der Waals surface area contributed by atoms with E-state index in [9.17, 15) is 5.11 Å². The number of hydrogen-bond donors (Lipinski definition) is 1. The fourth-order valence-corrected chi connectivity index (χ4v) is 3.66. The van der Waals surface area contributed by atoms with E-state index in [2.05, 4.69) is 45.0 Å². The maximum Gasteiger partial charge on any atom is 0.119 e. The minimum absolute atomic E-state index is 0.369. The van der Waals surface area contributed by atoms with E-state index in [0.717, 1.165) is 43.7 Å². The van der Waals surface area contributed by atoms with Crippen LogP contribution in [0.15, 0.2) is 24.3 Å². The molecule has 0 amide bonds. The van der Waals surface area contributed by atoms with Gasteiger partial charge in [-0.3, -0.25) is 0 Å². The van der Waals surface area contributed by atoms with Gasteiger partial charge in [0.1, 0.15) is 5.75 Å². The van der Waals surface area contributed by atoms with Crippen LogP contribution in [0.4, 0.5) is 0 Å². The van der Waals surface area contributed by atoms with Gasteiger partial charge in [-0.2, -0.15) is 0 Å². The second kappa shape index (κ2) is 8.87. The van der Waals surface area contributed by atoms with Gasteiger partial charge in [0.05, 0.1) is 12.2 Å². The molecule has 0 aliphatic heterocycles. The maximum absolute atomic E-state index is 11.6. The van der Waals surface area contributed by atoms with Crippen molar-refractivity contribution in [1.29, 1.82) is 0 Å². The Kier molecular flexibility index (Phi) is 7.12. The molecule has 1 aliphatic rings. The zero-order chi connectivity index (χ0) is 17.6. The van der Waals surface area contributed by atoms with Gasteiger partial charge in [-0.05, 0) is 62.9 Å². The van der Waals surface area contributed by atoms with Crippen molar-refractivity contribution in [2.75, 3.05) is 27.2 Å². The number of aliphatic hydroxyl groups is 1. The predicted octanol–water partition coefficient (Wildman–Crippen LogP) is 4.44. The number of hydrogen-bond acceptors (Lipinski definition) is 3. The Bertz CT molecular complexity index is 477. The van der Waals surface area contributed by atoms with Crippen LogP contribution >= 0.6 is 0 Å². The van der Waals surface area contributed by atoms with E-state index >= 15 is 0 Å². The Hall–Kier alpha value is -1.06. The molecule has 1 saturated carbocycles. The van der Waals surface area contributed by atoms with Gasteiger partial charge in [-0.15, -0.1) is 0 Å². The fraction of sp³-hybridized carbons (Fsp3) is 0.714. The molecule has 3 heteroatoms. The van der Waals surface area contributed by atoms with Crippen LogP contribution in [0, 0.1) is 11.8 Å². The van der Waals surface area contributed by atoms with Gasteiger partial charge in [0.15, 0.2) is 0 Å². The quantitative estimate of drug-likeness (QED) is 0.763. The highest BCUT2D eigenvalue weighted by Crippen LogP contribution is 2.42. The fourth-order valence-electron chi connectivity index (χ4n) is 3.66. The summed E-state index contributed by atoms with van der Waals surface area (Å²) in [6.45, 7) is 5.93. The second-order valence-electron chi connectivity index (χ2n) is 8.04. The first-order valence-corrected chi connectivity index (χ1v) is 9.52. The lowest BCUT2D eigenvalue weighted by Gasteiger charge is -2.40. The largest absolute Gasteiger partial charge is 0.493 e. The van der Waals surface area contributed by atoms with Crippen molar-refractivity contribution in [3.8, 4) is 5.75 Å². The lowest BCUT2D eigenvalue weighted by atomic mass is 9.71. The van der Waals surface area contributed by atoms with Crippen molar-refractivity contribution in [3.05, 3.63) is 29.8 Å². The zero-order valence-electron chi connectivity index (χ0n) is 15.9. The highest BCUT2D eigenvalue weighted by Gasteiger charge is 2.38. The van der Waals surface area contributed by atoms with Crippen molar-refractivity contribution in [2.45, 2.75) is 58.0 Å². The Labute approximate surface area is 148 Å². The van der Waals surface area contributed by atoms with Crippen molar-refractivity contribution in [1.82, 2.24) is 4.90 Å². The van der Waals surface area contributed by atoms with E-state index in [4.69, 9.17) is 4.74 Å². The molecule has 0 saturated heterocycles. The van der Waals surface area contributed by atoms with Crippen LogP contribution in [-0.4, -0.2) is 37.3 Å². The summed E-state index contributed by atoms with van der Waals surface area (Å²) in [5.41, 5.74) is 0.328. The second-order valence-corrected chi connectivity index (χ2v) is 8.04. The highest BCUT2D eigenvalue weighted by atomic mass is 16.5. The third-order valence-corrected chi connectivity index (χ3v) is 5.16. The van der Waals surface area contributed by atoms with Crippen LogP contribution in [0.5, 0.6) is 5.75 Å². The summed E-state index contributed by atoms with van der Waals surface area (Å²) in [6.07, 6.45) is 6.85. The molecular formula is C21H35NO2. The number of ether oxygens (including phenoxy) is 1. The molecule has 1 atom stereocenters. The molecular weight excluding hydrogens is 298 g/mol. The molecule has 136 valence electrons. The third-order valence-electron chi connectivity index (χ3n) is 5.16. The molecule has 3 nitrogen and oxygen atoms in total. The van der Waals surface area contributed by atoms with Gasteiger partial charge in [0.2, 0.25) is 0 Å². The van der Waals surface area contributed by atoms with Gasteiger partial charge < -0.3 is 14.7 Å². The summed E-state index contributed by atoms with van der Waals surface area (Å²) in [4.78, 5) is 2.16. The first-order valence-electron chi connectivity index (χ1n) is 9.52. The predicted molar refractivity (Wildman–Crippen MR) is 100 cm³/mol. The Morgan fingerprint density at radius 3 is 2.29 bits per heavy atom. The third kappa shape index (κ3) is 5.22.